The number of nitrogens with zero attached hydrogens (tertiary/aromatic N) is 1. The van der Waals surface area contributed by atoms with E-state index in [1.54, 1.807) is 23.5 Å². The number of rotatable bonds is 3. The van der Waals surface area contributed by atoms with Gasteiger partial charge < -0.3 is 5.32 Å². The molecule has 86 valence electrons. The Bertz CT molecular complexity index is 569. The van der Waals surface area contributed by atoms with Crippen LogP contribution in [-0.4, -0.2) is 0 Å². The van der Waals surface area contributed by atoms with Gasteiger partial charge in [0.05, 0.1) is 11.3 Å². The maximum absolute atomic E-state index is 9.00. The molecule has 4 heteroatoms. The second-order valence-corrected chi connectivity index (χ2v) is 5.48. The van der Waals surface area contributed by atoms with Crippen LogP contribution in [0.25, 0.3) is 0 Å². The first-order chi connectivity index (χ1) is 8.19. The summed E-state index contributed by atoms with van der Waals surface area (Å²) in [5, 5.41) is 12.8. The van der Waals surface area contributed by atoms with Crippen molar-refractivity contribution in [2.24, 2.45) is 0 Å². The van der Waals surface area contributed by atoms with E-state index in [2.05, 4.69) is 30.4 Å². The number of nitriles is 1. The quantitative estimate of drug-likeness (QED) is 0.900. The van der Waals surface area contributed by atoms with Gasteiger partial charge in [0, 0.05) is 21.3 Å². The molecule has 1 N–H and O–H groups in total. The summed E-state index contributed by atoms with van der Waals surface area (Å²) >= 11 is 7.59. The van der Waals surface area contributed by atoms with E-state index in [1.165, 1.54) is 9.75 Å². The molecule has 2 aromatic rings. The van der Waals surface area contributed by atoms with Crippen molar-refractivity contribution in [2.45, 2.75) is 13.5 Å². The van der Waals surface area contributed by atoms with Crippen molar-refractivity contribution in [2.75, 3.05) is 5.32 Å². The second-order valence-electron chi connectivity index (χ2n) is 3.67. The predicted molar refractivity (Wildman–Crippen MR) is 72.5 cm³/mol. The highest BCUT2D eigenvalue weighted by atomic mass is 35.5. The summed E-state index contributed by atoms with van der Waals surface area (Å²) in [6, 6.07) is 11.6. The van der Waals surface area contributed by atoms with Gasteiger partial charge >= 0.3 is 0 Å². The molecule has 1 heterocycles. The van der Waals surface area contributed by atoms with Gasteiger partial charge in [-0.3, -0.25) is 0 Å². The number of anilines is 1. The molecule has 0 amide bonds. The summed E-state index contributed by atoms with van der Waals surface area (Å²) in [6.07, 6.45) is 0. The van der Waals surface area contributed by atoms with Crippen LogP contribution in [0.1, 0.15) is 15.3 Å². The Kier molecular flexibility index (Phi) is 3.68. The van der Waals surface area contributed by atoms with Crippen LogP contribution < -0.4 is 5.32 Å². The van der Waals surface area contributed by atoms with Gasteiger partial charge in [0.2, 0.25) is 0 Å². The molecule has 17 heavy (non-hydrogen) atoms. The normalized spacial score (nSPS) is 9.94. The summed E-state index contributed by atoms with van der Waals surface area (Å²) in [5.41, 5.74) is 1.40. The fourth-order valence-corrected chi connectivity index (χ4v) is 2.53. The molecule has 0 spiro atoms. The molecule has 2 nitrogen and oxygen atoms in total. The average molecular weight is 263 g/mol. The first-order valence-corrected chi connectivity index (χ1v) is 6.37. The van der Waals surface area contributed by atoms with E-state index in [0.717, 1.165) is 12.2 Å². The molecule has 0 aliphatic heterocycles. The SMILES string of the molecule is Cc1ccc(CNc2ccc(Cl)cc2C#N)s1. The minimum Gasteiger partial charge on any atom is -0.379 e. The molecule has 0 radical (unpaired) electrons. The van der Waals surface area contributed by atoms with Gasteiger partial charge in [0.15, 0.2) is 0 Å². The highest BCUT2D eigenvalue weighted by Crippen LogP contribution is 2.22. The van der Waals surface area contributed by atoms with E-state index in [-0.39, 0.29) is 0 Å². The summed E-state index contributed by atoms with van der Waals surface area (Å²) in [4.78, 5) is 2.54. The zero-order valence-electron chi connectivity index (χ0n) is 9.33. The third-order valence-electron chi connectivity index (χ3n) is 2.35. The van der Waals surface area contributed by atoms with Gasteiger partial charge in [-0.15, -0.1) is 11.3 Å². The number of halogens is 1. The van der Waals surface area contributed by atoms with Crippen LogP contribution in [0.4, 0.5) is 5.69 Å². The third kappa shape index (κ3) is 3.00. The predicted octanol–water partition coefficient (Wildman–Crippen LogP) is 4.19. The monoisotopic (exact) mass is 262 g/mol. The Hall–Kier alpha value is -1.50. The summed E-state index contributed by atoms with van der Waals surface area (Å²) in [6.45, 7) is 2.81. The van der Waals surface area contributed by atoms with Crippen molar-refractivity contribution in [3.8, 4) is 6.07 Å². The first kappa shape index (κ1) is 12.0. The number of thiophene rings is 1. The summed E-state index contributed by atoms with van der Waals surface area (Å²) in [5.74, 6) is 0. The fourth-order valence-electron chi connectivity index (χ4n) is 1.53. The number of aryl methyl sites for hydroxylation is 1. The van der Waals surface area contributed by atoms with Crippen molar-refractivity contribution in [1.29, 1.82) is 5.26 Å². The van der Waals surface area contributed by atoms with Gasteiger partial charge in [-0.25, -0.2) is 0 Å². The standard InChI is InChI=1S/C13H11ClN2S/c1-9-2-4-12(17-9)8-16-13-5-3-11(14)6-10(13)7-15/h2-6,16H,8H2,1H3. The van der Waals surface area contributed by atoms with Crippen LogP contribution in [0.2, 0.25) is 5.02 Å². The Morgan fingerprint density at radius 2 is 2.18 bits per heavy atom. The average Bonchev–Trinajstić information content (AvgIpc) is 2.73. The maximum atomic E-state index is 9.00. The molecule has 1 aromatic heterocycles. The van der Waals surface area contributed by atoms with Crippen LogP contribution in [0.15, 0.2) is 30.3 Å². The maximum Gasteiger partial charge on any atom is 0.101 e. The van der Waals surface area contributed by atoms with Crippen molar-refractivity contribution < 1.29 is 0 Å². The largest absolute Gasteiger partial charge is 0.379 e. The van der Waals surface area contributed by atoms with E-state index >= 15 is 0 Å². The van der Waals surface area contributed by atoms with E-state index in [0.29, 0.717) is 10.6 Å². The lowest BCUT2D eigenvalue weighted by Gasteiger charge is -2.06. The molecule has 2 rings (SSSR count). The van der Waals surface area contributed by atoms with Crippen molar-refractivity contribution >= 4 is 28.6 Å². The van der Waals surface area contributed by atoms with Crippen LogP contribution in [0, 0.1) is 18.3 Å². The van der Waals surface area contributed by atoms with Crippen LogP contribution >= 0.6 is 22.9 Å². The molecule has 0 saturated carbocycles. The highest BCUT2D eigenvalue weighted by molar-refractivity contribution is 7.11. The first-order valence-electron chi connectivity index (χ1n) is 5.18. The Labute approximate surface area is 109 Å². The van der Waals surface area contributed by atoms with Gasteiger partial charge in [-0.1, -0.05) is 11.6 Å². The smallest absolute Gasteiger partial charge is 0.101 e. The molecule has 1 aromatic carbocycles. The number of benzene rings is 1. The molecule has 0 unspecified atom stereocenters. The summed E-state index contributed by atoms with van der Waals surface area (Å²) < 4.78 is 0. The van der Waals surface area contributed by atoms with Crippen molar-refractivity contribution in [1.82, 2.24) is 0 Å². The van der Waals surface area contributed by atoms with Crippen molar-refractivity contribution in [3.05, 3.63) is 50.7 Å². The molecular formula is C13H11ClN2S. The van der Waals surface area contributed by atoms with Gasteiger partial charge in [-0.05, 0) is 37.3 Å². The van der Waals surface area contributed by atoms with Gasteiger partial charge in [0.25, 0.3) is 0 Å². The van der Waals surface area contributed by atoms with Gasteiger partial charge in [0.1, 0.15) is 6.07 Å². The molecule has 0 aliphatic carbocycles. The molecule has 0 fully saturated rings. The van der Waals surface area contributed by atoms with E-state index in [4.69, 9.17) is 16.9 Å². The summed E-state index contributed by atoms with van der Waals surface area (Å²) in [7, 11) is 0. The molecule has 0 aliphatic rings. The lowest BCUT2D eigenvalue weighted by atomic mass is 10.2. The second kappa shape index (κ2) is 5.22. The van der Waals surface area contributed by atoms with E-state index in [9.17, 15) is 0 Å². The van der Waals surface area contributed by atoms with E-state index in [1.807, 2.05) is 6.07 Å². The zero-order chi connectivity index (χ0) is 12.3. The van der Waals surface area contributed by atoms with Crippen LogP contribution in [0.5, 0.6) is 0 Å². The number of hydrogen-bond donors (Lipinski definition) is 1. The van der Waals surface area contributed by atoms with Gasteiger partial charge in [-0.2, -0.15) is 5.26 Å². The third-order valence-corrected chi connectivity index (χ3v) is 3.59. The van der Waals surface area contributed by atoms with Crippen LogP contribution in [-0.2, 0) is 6.54 Å². The number of nitrogens with one attached hydrogen (secondary N) is 1. The molecule has 0 bridgehead atoms. The zero-order valence-corrected chi connectivity index (χ0v) is 10.9. The number of hydrogen-bond acceptors (Lipinski definition) is 3. The molecular weight excluding hydrogens is 252 g/mol. The fraction of sp³-hybridized carbons (Fsp3) is 0.154. The van der Waals surface area contributed by atoms with Crippen LogP contribution in [0.3, 0.4) is 0 Å². The minimum atomic E-state index is 0.575. The minimum absolute atomic E-state index is 0.575. The Balaban J connectivity index is 2.12. The Morgan fingerprint density at radius 1 is 1.35 bits per heavy atom. The molecule has 0 saturated heterocycles. The lowest BCUT2D eigenvalue weighted by molar-refractivity contribution is 1.19. The Morgan fingerprint density at radius 3 is 2.82 bits per heavy atom. The highest BCUT2D eigenvalue weighted by Gasteiger charge is 2.03. The topological polar surface area (TPSA) is 35.8 Å². The van der Waals surface area contributed by atoms with Crippen molar-refractivity contribution in [3.63, 3.8) is 0 Å². The van der Waals surface area contributed by atoms with E-state index < -0.39 is 0 Å². The lowest BCUT2D eigenvalue weighted by Crippen LogP contribution is -1.99. The molecule has 0 atom stereocenters.